The lowest BCUT2D eigenvalue weighted by atomic mass is 10.2. The van der Waals surface area contributed by atoms with Gasteiger partial charge in [0.15, 0.2) is 11.6 Å². The van der Waals surface area contributed by atoms with E-state index in [2.05, 4.69) is 10.1 Å². The maximum Gasteiger partial charge on any atom is 0.174 e. The number of benzene rings is 2. The molecule has 0 amide bonds. The molecule has 4 nitrogen and oxygen atoms in total. The summed E-state index contributed by atoms with van der Waals surface area (Å²) in [6, 6.07) is 14.6. The number of aromatic nitrogens is 3. The van der Waals surface area contributed by atoms with Crippen LogP contribution in [-0.2, 0) is 7.05 Å². The Hall–Kier alpha value is -2.59. The zero-order valence-corrected chi connectivity index (χ0v) is 12.7. The number of hydrogen-bond donors (Lipinski definition) is 1. The first-order chi connectivity index (χ1) is 10.6. The van der Waals surface area contributed by atoms with Crippen molar-refractivity contribution in [2.45, 2.75) is 0 Å². The Bertz CT molecular complexity index is 839. The van der Waals surface area contributed by atoms with Crippen LogP contribution in [0.4, 0.5) is 0 Å². The molecule has 0 aliphatic heterocycles. The van der Waals surface area contributed by atoms with Crippen LogP contribution in [0.5, 0.6) is 5.75 Å². The van der Waals surface area contributed by atoms with Crippen LogP contribution in [0, 0.1) is 0 Å². The van der Waals surface area contributed by atoms with Crippen molar-refractivity contribution < 1.29 is 5.11 Å². The van der Waals surface area contributed by atoms with Crippen LogP contribution in [0.25, 0.3) is 23.5 Å². The van der Waals surface area contributed by atoms with Crippen molar-refractivity contribution in [3.63, 3.8) is 0 Å². The van der Waals surface area contributed by atoms with Crippen molar-refractivity contribution in [1.82, 2.24) is 14.8 Å². The molecule has 2 aromatic carbocycles. The topological polar surface area (TPSA) is 50.9 Å². The van der Waals surface area contributed by atoms with Crippen molar-refractivity contribution in [1.29, 1.82) is 0 Å². The molecule has 0 unspecified atom stereocenters. The lowest BCUT2D eigenvalue weighted by molar-refractivity contribution is 0.476. The molecular weight excluding hydrogens is 298 g/mol. The Balaban J connectivity index is 1.93. The fourth-order valence-electron chi connectivity index (χ4n) is 2.15. The average molecular weight is 312 g/mol. The second-order valence-corrected chi connectivity index (χ2v) is 5.20. The van der Waals surface area contributed by atoms with Gasteiger partial charge in [0.2, 0.25) is 0 Å². The van der Waals surface area contributed by atoms with Gasteiger partial charge in [-0.3, -0.25) is 0 Å². The summed E-state index contributed by atoms with van der Waals surface area (Å²) in [5, 5.41) is 14.9. The van der Waals surface area contributed by atoms with Gasteiger partial charge >= 0.3 is 0 Å². The highest BCUT2D eigenvalue weighted by Crippen LogP contribution is 2.27. The van der Waals surface area contributed by atoms with E-state index in [0.29, 0.717) is 22.2 Å². The maximum absolute atomic E-state index is 9.93. The molecule has 0 saturated heterocycles. The summed E-state index contributed by atoms with van der Waals surface area (Å²) in [6.07, 6.45) is 3.66. The minimum Gasteiger partial charge on any atom is -0.507 e. The number of aromatic hydroxyl groups is 1. The standard InChI is InChI=1S/C17H14ClN3O/c1-21-17(13-7-3-5-9-15(13)22)19-16(20-21)11-10-12-6-2-4-8-14(12)18/h2-11,22H,1H3/b11-10+. The Morgan fingerprint density at radius 3 is 2.55 bits per heavy atom. The lowest BCUT2D eigenvalue weighted by Crippen LogP contribution is -1.94. The minimum atomic E-state index is 0.180. The predicted molar refractivity (Wildman–Crippen MR) is 88.5 cm³/mol. The molecule has 0 spiro atoms. The largest absolute Gasteiger partial charge is 0.507 e. The highest BCUT2D eigenvalue weighted by molar-refractivity contribution is 6.32. The van der Waals surface area contributed by atoms with Crippen LogP contribution in [0.2, 0.25) is 5.02 Å². The molecule has 0 atom stereocenters. The smallest absolute Gasteiger partial charge is 0.174 e. The molecule has 1 N–H and O–H groups in total. The summed E-state index contributed by atoms with van der Waals surface area (Å²) in [5.74, 6) is 1.34. The summed E-state index contributed by atoms with van der Waals surface area (Å²) in [4.78, 5) is 4.45. The summed E-state index contributed by atoms with van der Waals surface area (Å²) >= 11 is 6.11. The third-order valence-corrected chi connectivity index (χ3v) is 3.59. The first-order valence-corrected chi connectivity index (χ1v) is 7.15. The number of aryl methyl sites for hydroxylation is 1. The van der Waals surface area contributed by atoms with E-state index < -0.39 is 0 Å². The number of phenols is 1. The van der Waals surface area contributed by atoms with E-state index in [4.69, 9.17) is 11.6 Å². The third kappa shape index (κ3) is 2.87. The second-order valence-electron chi connectivity index (χ2n) is 4.79. The van der Waals surface area contributed by atoms with E-state index in [0.717, 1.165) is 5.56 Å². The molecule has 0 saturated carbocycles. The maximum atomic E-state index is 9.93. The summed E-state index contributed by atoms with van der Waals surface area (Å²) in [6.45, 7) is 0. The average Bonchev–Trinajstić information content (AvgIpc) is 2.88. The molecule has 0 fully saturated rings. The number of halogens is 1. The van der Waals surface area contributed by atoms with E-state index in [1.54, 1.807) is 36.0 Å². The van der Waals surface area contributed by atoms with Crippen LogP contribution in [0.3, 0.4) is 0 Å². The van der Waals surface area contributed by atoms with Crippen LogP contribution in [0.15, 0.2) is 48.5 Å². The van der Waals surface area contributed by atoms with E-state index >= 15 is 0 Å². The molecule has 1 aromatic heterocycles. The van der Waals surface area contributed by atoms with E-state index in [9.17, 15) is 5.11 Å². The van der Waals surface area contributed by atoms with Gasteiger partial charge in [0.25, 0.3) is 0 Å². The molecule has 3 aromatic rings. The minimum absolute atomic E-state index is 0.180. The van der Waals surface area contributed by atoms with Gasteiger partial charge in [-0.25, -0.2) is 9.67 Å². The normalized spacial score (nSPS) is 11.2. The molecule has 0 radical (unpaired) electrons. The molecule has 0 bridgehead atoms. The Kier molecular flexibility index (Phi) is 3.94. The molecule has 22 heavy (non-hydrogen) atoms. The molecule has 3 rings (SSSR count). The van der Waals surface area contributed by atoms with E-state index in [1.165, 1.54) is 0 Å². The summed E-state index contributed by atoms with van der Waals surface area (Å²) in [5.41, 5.74) is 1.55. The molecule has 110 valence electrons. The Labute approximate surface area is 133 Å². The van der Waals surface area contributed by atoms with Crippen molar-refractivity contribution in [3.8, 4) is 17.1 Å². The van der Waals surface area contributed by atoms with Gasteiger partial charge in [0.1, 0.15) is 5.75 Å². The van der Waals surface area contributed by atoms with Crippen LogP contribution >= 0.6 is 11.6 Å². The summed E-state index contributed by atoms with van der Waals surface area (Å²) in [7, 11) is 1.79. The Morgan fingerprint density at radius 2 is 1.77 bits per heavy atom. The van der Waals surface area contributed by atoms with Crippen molar-refractivity contribution in [2.75, 3.05) is 0 Å². The Morgan fingerprint density at radius 1 is 1.05 bits per heavy atom. The quantitative estimate of drug-likeness (QED) is 0.795. The van der Waals surface area contributed by atoms with Crippen molar-refractivity contribution >= 4 is 23.8 Å². The van der Waals surface area contributed by atoms with E-state index in [1.807, 2.05) is 36.4 Å². The molecule has 5 heteroatoms. The zero-order chi connectivity index (χ0) is 15.5. The van der Waals surface area contributed by atoms with E-state index in [-0.39, 0.29) is 5.75 Å². The fraction of sp³-hybridized carbons (Fsp3) is 0.0588. The number of nitrogens with zero attached hydrogens (tertiary/aromatic N) is 3. The number of para-hydroxylation sites is 1. The number of hydrogen-bond acceptors (Lipinski definition) is 3. The SMILES string of the molecule is Cn1nc(/C=C/c2ccccc2Cl)nc1-c1ccccc1O. The van der Waals surface area contributed by atoms with Gasteiger partial charge in [-0.15, -0.1) is 0 Å². The van der Waals surface area contributed by atoms with Gasteiger partial charge in [-0.05, 0) is 35.9 Å². The van der Waals surface area contributed by atoms with Crippen LogP contribution < -0.4 is 0 Å². The van der Waals surface area contributed by atoms with Gasteiger partial charge < -0.3 is 5.11 Å². The molecule has 1 heterocycles. The van der Waals surface area contributed by atoms with Crippen LogP contribution in [-0.4, -0.2) is 19.9 Å². The monoisotopic (exact) mass is 311 g/mol. The fourth-order valence-corrected chi connectivity index (χ4v) is 2.35. The number of rotatable bonds is 3. The van der Waals surface area contributed by atoms with Gasteiger partial charge in [0.05, 0.1) is 5.56 Å². The zero-order valence-electron chi connectivity index (χ0n) is 11.9. The molecule has 0 aliphatic rings. The second kappa shape index (κ2) is 6.03. The first kappa shape index (κ1) is 14.4. The van der Waals surface area contributed by atoms with Crippen molar-refractivity contribution in [2.24, 2.45) is 7.05 Å². The highest BCUT2D eigenvalue weighted by atomic mass is 35.5. The highest BCUT2D eigenvalue weighted by Gasteiger charge is 2.11. The first-order valence-electron chi connectivity index (χ1n) is 6.77. The van der Waals surface area contributed by atoms with Gasteiger partial charge in [0, 0.05) is 12.1 Å². The molecular formula is C17H14ClN3O. The third-order valence-electron chi connectivity index (χ3n) is 3.24. The van der Waals surface area contributed by atoms with Gasteiger partial charge in [-0.2, -0.15) is 5.10 Å². The van der Waals surface area contributed by atoms with Gasteiger partial charge in [-0.1, -0.05) is 41.9 Å². The van der Waals surface area contributed by atoms with Crippen LogP contribution in [0.1, 0.15) is 11.4 Å². The van der Waals surface area contributed by atoms with Crippen molar-refractivity contribution in [3.05, 3.63) is 64.9 Å². The lowest BCUT2D eigenvalue weighted by Gasteiger charge is -2.01. The predicted octanol–water partition coefficient (Wildman–Crippen LogP) is 4.01. The summed E-state index contributed by atoms with van der Waals surface area (Å²) < 4.78 is 1.64. The molecule has 0 aliphatic carbocycles. The number of phenolic OH excluding ortho intramolecular Hbond substituents is 1.